The van der Waals surface area contributed by atoms with E-state index in [2.05, 4.69) is 17.6 Å². The molecule has 0 spiro atoms. The highest BCUT2D eigenvalue weighted by atomic mass is 16.5. The van der Waals surface area contributed by atoms with Gasteiger partial charge >= 0.3 is 5.97 Å². The molecule has 6 heteroatoms. The summed E-state index contributed by atoms with van der Waals surface area (Å²) in [5, 5.41) is 5.78. The Morgan fingerprint density at radius 2 is 1.44 bits per heavy atom. The predicted molar refractivity (Wildman–Crippen MR) is 125 cm³/mol. The van der Waals surface area contributed by atoms with Crippen LogP contribution < -0.4 is 10.6 Å². The Morgan fingerprint density at radius 1 is 0.844 bits per heavy atom. The van der Waals surface area contributed by atoms with Crippen LogP contribution in [-0.2, 0) is 19.1 Å². The van der Waals surface area contributed by atoms with E-state index >= 15 is 0 Å². The number of hydrogen-bond acceptors (Lipinski definition) is 4. The van der Waals surface area contributed by atoms with Crippen LogP contribution in [0.4, 0.5) is 0 Å². The van der Waals surface area contributed by atoms with Crippen molar-refractivity contribution in [3.8, 4) is 0 Å². The average Bonchev–Trinajstić information content (AvgIpc) is 2.81. The van der Waals surface area contributed by atoms with E-state index in [1.54, 1.807) is 6.92 Å². The van der Waals surface area contributed by atoms with Crippen molar-refractivity contribution >= 4 is 17.8 Å². The Kier molecular flexibility index (Phi) is 11.0. The van der Waals surface area contributed by atoms with Crippen LogP contribution in [0.1, 0.15) is 63.0 Å². The standard InChI is InChI=1S/C26H34N2O4/c1-3-5-12-19-27-25(30)22(17-18-23(29)32-4-2)28-26(31)24(20-13-8-6-9-14-20)21-15-10-7-11-16-21/h6-11,13-16,22,24H,3-5,12,17-19H2,1-2H3,(H,27,30)(H,28,31)/t22-/m0/s1. The summed E-state index contributed by atoms with van der Waals surface area (Å²) in [4.78, 5) is 38.1. The van der Waals surface area contributed by atoms with Gasteiger partial charge in [0, 0.05) is 13.0 Å². The second-order valence-corrected chi connectivity index (χ2v) is 7.66. The zero-order valence-electron chi connectivity index (χ0n) is 19.0. The van der Waals surface area contributed by atoms with Gasteiger partial charge in [-0.25, -0.2) is 0 Å². The summed E-state index contributed by atoms with van der Waals surface area (Å²) in [6, 6.07) is 18.1. The van der Waals surface area contributed by atoms with E-state index in [9.17, 15) is 14.4 Å². The van der Waals surface area contributed by atoms with Gasteiger partial charge in [-0.2, -0.15) is 0 Å². The average molecular weight is 439 g/mol. The number of carbonyl (C=O) groups excluding carboxylic acids is 3. The fourth-order valence-electron chi connectivity index (χ4n) is 3.52. The monoisotopic (exact) mass is 438 g/mol. The van der Waals surface area contributed by atoms with E-state index in [0.717, 1.165) is 30.4 Å². The molecule has 32 heavy (non-hydrogen) atoms. The molecule has 0 heterocycles. The molecule has 172 valence electrons. The van der Waals surface area contributed by atoms with Crippen LogP contribution in [0, 0.1) is 0 Å². The number of esters is 1. The van der Waals surface area contributed by atoms with Crippen LogP contribution in [0.5, 0.6) is 0 Å². The van der Waals surface area contributed by atoms with Crippen LogP contribution in [0.15, 0.2) is 60.7 Å². The molecule has 0 bridgehead atoms. The van der Waals surface area contributed by atoms with Gasteiger partial charge in [-0.15, -0.1) is 0 Å². The van der Waals surface area contributed by atoms with Crippen LogP contribution in [0.3, 0.4) is 0 Å². The van der Waals surface area contributed by atoms with Crippen LogP contribution in [-0.4, -0.2) is 37.0 Å². The lowest BCUT2D eigenvalue weighted by atomic mass is 9.90. The van der Waals surface area contributed by atoms with Crippen LogP contribution in [0.2, 0.25) is 0 Å². The highest BCUT2D eigenvalue weighted by Crippen LogP contribution is 2.25. The first-order chi connectivity index (χ1) is 15.6. The molecule has 0 aliphatic carbocycles. The fraction of sp³-hybridized carbons (Fsp3) is 0.423. The number of amides is 2. The van der Waals surface area contributed by atoms with E-state index in [0.29, 0.717) is 6.54 Å². The van der Waals surface area contributed by atoms with Crippen molar-refractivity contribution in [3.05, 3.63) is 71.8 Å². The van der Waals surface area contributed by atoms with Gasteiger partial charge in [0.1, 0.15) is 6.04 Å². The molecule has 0 unspecified atom stereocenters. The molecule has 2 rings (SSSR count). The summed E-state index contributed by atoms with van der Waals surface area (Å²) in [5.74, 6) is -1.50. The van der Waals surface area contributed by atoms with Gasteiger partial charge in [-0.1, -0.05) is 80.4 Å². The molecule has 2 aromatic carbocycles. The maximum absolute atomic E-state index is 13.4. The minimum Gasteiger partial charge on any atom is -0.466 e. The number of rotatable bonds is 13. The van der Waals surface area contributed by atoms with E-state index in [1.807, 2.05) is 60.7 Å². The molecule has 0 saturated carbocycles. The first kappa shape index (κ1) is 25.1. The Hall–Kier alpha value is -3.15. The summed E-state index contributed by atoms with van der Waals surface area (Å²) in [7, 11) is 0. The van der Waals surface area contributed by atoms with E-state index < -0.39 is 12.0 Å². The number of hydrogen-bond donors (Lipinski definition) is 2. The third-order valence-corrected chi connectivity index (χ3v) is 5.18. The lowest BCUT2D eigenvalue weighted by Crippen LogP contribution is -2.48. The Bertz CT molecular complexity index is 800. The van der Waals surface area contributed by atoms with Gasteiger partial charge < -0.3 is 15.4 Å². The first-order valence-electron chi connectivity index (χ1n) is 11.4. The van der Waals surface area contributed by atoms with Crippen LogP contribution >= 0.6 is 0 Å². The van der Waals surface area contributed by atoms with Crippen molar-refractivity contribution in [3.63, 3.8) is 0 Å². The Labute approximate surface area is 190 Å². The minimum absolute atomic E-state index is 0.0580. The van der Waals surface area contributed by atoms with E-state index in [1.165, 1.54) is 0 Å². The normalized spacial score (nSPS) is 11.6. The van der Waals surface area contributed by atoms with E-state index in [-0.39, 0.29) is 37.2 Å². The molecule has 0 radical (unpaired) electrons. The van der Waals surface area contributed by atoms with Gasteiger partial charge in [0.25, 0.3) is 0 Å². The number of ether oxygens (including phenoxy) is 1. The second-order valence-electron chi connectivity index (χ2n) is 7.66. The molecule has 0 aliphatic heterocycles. The SMILES string of the molecule is CCCCCNC(=O)[C@H](CCC(=O)OCC)NC(=O)C(c1ccccc1)c1ccccc1. The van der Waals surface area contributed by atoms with E-state index in [4.69, 9.17) is 4.74 Å². The molecule has 1 atom stereocenters. The molecule has 0 fully saturated rings. The number of nitrogens with one attached hydrogen (secondary N) is 2. The second kappa shape index (κ2) is 14.0. The highest BCUT2D eigenvalue weighted by molar-refractivity contribution is 5.92. The quantitative estimate of drug-likeness (QED) is 0.366. The molecule has 0 aromatic heterocycles. The Balaban J connectivity index is 2.18. The molecule has 2 N–H and O–H groups in total. The lowest BCUT2D eigenvalue weighted by Gasteiger charge is -2.23. The number of benzene rings is 2. The number of carbonyl (C=O) groups is 3. The van der Waals surface area contributed by atoms with Gasteiger partial charge in [0.2, 0.25) is 11.8 Å². The van der Waals surface area contributed by atoms with Crippen molar-refractivity contribution in [1.82, 2.24) is 10.6 Å². The molecule has 0 saturated heterocycles. The van der Waals surface area contributed by atoms with Gasteiger partial charge in [0.15, 0.2) is 0 Å². The summed E-state index contributed by atoms with van der Waals surface area (Å²) in [6.07, 6.45) is 3.18. The topological polar surface area (TPSA) is 84.5 Å². The first-order valence-corrected chi connectivity index (χ1v) is 11.4. The van der Waals surface area contributed by atoms with Crippen molar-refractivity contribution in [2.75, 3.05) is 13.2 Å². The zero-order chi connectivity index (χ0) is 23.2. The molecule has 2 amide bonds. The van der Waals surface area contributed by atoms with Crippen molar-refractivity contribution in [2.24, 2.45) is 0 Å². The summed E-state index contributed by atoms with van der Waals surface area (Å²) < 4.78 is 4.99. The third-order valence-electron chi connectivity index (χ3n) is 5.18. The molecular weight excluding hydrogens is 404 g/mol. The minimum atomic E-state index is -0.816. The van der Waals surface area contributed by atoms with Gasteiger partial charge in [-0.05, 0) is 30.9 Å². The fourth-order valence-corrected chi connectivity index (χ4v) is 3.52. The maximum atomic E-state index is 13.4. The highest BCUT2D eigenvalue weighted by Gasteiger charge is 2.28. The third kappa shape index (κ3) is 8.17. The number of unbranched alkanes of at least 4 members (excludes halogenated alkanes) is 2. The molecular formula is C26H34N2O4. The zero-order valence-corrected chi connectivity index (χ0v) is 19.0. The Morgan fingerprint density at radius 3 is 1.97 bits per heavy atom. The van der Waals surface area contributed by atoms with Crippen molar-refractivity contribution in [1.29, 1.82) is 0 Å². The largest absolute Gasteiger partial charge is 0.466 e. The summed E-state index contributed by atoms with van der Waals surface area (Å²) >= 11 is 0. The lowest BCUT2D eigenvalue weighted by molar-refractivity contribution is -0.143. The van der Waals surface area contributed by atoms with Gasteiger partial charge in [0.05, 0.1) is 12.5 Å². The van der Waals surface area contributed by atoms with Crippen molar-refractivity contribution in [2.45, 2.75) is 57.9 Å². The molecule has 2 aromatic rings. The summed E-state index contributed by atoms with van der Waals surface area (Å²) in [6.45, 7) is 4.65. The van der Waals surface area contributed by atoms with Crippen molar-refractivity contribution < 1.29 is 19.1 Å². The van der Waals surface area contributed by atoms with Gasteiger partial charge in [-0.3, -0.25) is 14.4 Å². The molecule has 0 aliphatic rings. The summed E-state index contributed by atoms with van der Waals surface area (Å²) in [5.41, 5.74) is 1.67. The van der Waals surface area contributed by atoms with Crippen LogP contribution in [0.25, 0.3) is 0 Å². The predicted octanol–water partition coefficient (Wildman–Crippen LogP) is 3.95. The smallest absolute Gasteiger partial charge is 0.305 e. The molecule has 6 nitrogen and oxygen atoms in total. The maximum Gasteiger partial charge on any atom is 0.305 e.